The van der Waals surface area contributed by atoms with Crippen molar-refractivity contribution in [3.63, 3.8) is 0 Å². The summed E-state index contributed by atoms with van der Waals surface area (Å²) < 4.78 is 0.591. The van der Waals surface area contributed by atoms with Gasteiger partial charge in [0.2, 0.25) is 0 Å². The number of Topliss-reactive ketones (excluding diaryl/α,β-unsaturated/α-hetero) is 1. The molecule has 0 amide bonds. The zero-order chi connectivity index (χ0) is 9.14. The van der Waals surface area contributed by atoms with Crippen LogP contribution in [-0.2, 0) is 0 Å². The monoisotopic (exact) mass is 292 g/mol. The predicted octanol–water partition coefficient (Wildman–Crippen LogP) is 2.73. The standard InChI is InChI=1S/C8H6Br2O2/c9-4-8(12)5-1-2-6(10)7(11)3-5/h1-3,11H,4H2. The summed E-state index contributed by atoms with van der Waals surface area (Å²) in [4.78, 5) is 11.1. The Bertz CT molecular complexity index is 310. The van der Waals surface area contributed by atoms with Crippen LogP contribution in [0.4, 0.5) is 0 Å². The number of halogens is 2. The van der Waals surface area contributed by atoms with Crippen LogP contribution in [0, 0.1) is 0 Å². The highest BCUT2D eigenvalue weighted by Gasteiger charge is 2.05. The van der Waals surface area contributed by atoms with Gasteiger partial charge in [0.1, 0.15) is 5.75 Å². The first-order valence-corrected chi connectivity index (χ1v) is 5.14. The molecule has 1 rings (SSSR count). The number of ketones is 1. The fourth-order valence-corrected chi connectivity index (χ4v) is 1.33. The highest BCUT2D eigenvalue weighted by Crippen LogP contribution is 2.24. The van der Waals surface area contributed by atoms with E-state index < -0.39 is 0 Å². The fourth-order valence-electron chi connectivity index (χ4n) is 0.763. The van der Waals surface area contributed by atoms with Crippen molar-refractivity contribution in [3.8, 4) is 5.75 Å². The van der Waals surface area contributed by atoms with Crippen LogP contribution in [0.15, 0.2) is 22.7 Å². The van der Waals surface area contributed by atoms with E-state index in [9.17, 15) is 9.90 Å². The van der Waals surface area contributed by atoms with Gasteiger partial charge in [0.05, 0.1) is 9.80 Å². The molecule has 4 heteroatoms. The van der Waals surface area contributed by atoms with Crippen molar-refractivity contribution in [1.82, 2.24) is 0 Å². The van der Waals surface area contributed by atoms with Crippen LogP contribution in [0.1, 0.15) is 10.4 Å². The minimum Gasteiger partial charge on any atom is -0.507 e. The van der Waals surface area contributed by atoms with Gasteiger partial charge in [0.15, 0.2) is 5.78 Å². The molecule has 0 aliphatic carbocycles. The number of phenols is 1. The molecule has 0 spiro atoms. The molecule has 1 aromatic carbocycles. The van der Waals surface area contributed by atoms with Crippen molar-refractivity contribution < 1.29 is 9.90 Å². The van der Waals surface area contributed by atoms with Crippen molar-refractivity contribution in [2.75, 3.05) is 5.33 Å². The lowest BCUT2D eigenvalue weighted by Gasteiger charge is -1.99. The van der Waals surface area contributed by atoms with E-state index in [2.05, 4.69) is 31.9 Å². The number of alkyl halides is 1. The van der Waals surface area contributed by atoms with Crippen LogP contribution in [-0.4, -0.2) is 16.2 Å². The summed E-state index contributed by atoms with van der Waals surface area (Å²) in [6, 6.07) is 4.74. The first kappa shape index (κ1) is 9.74. The van der Waals surface area contributed by atoms with Crippen LogP contribution < -0.4 is 0 Å². The summed E-state index contributed by atoms with van der Waals surface area (Å²) in [6.45, 7) is 0. The summed E-state index contributed by atoms with van der Waals surface area (Å²) >= 11 is 6.18. The molecule has 0 saturated heterocycles. The molecule has 1 N–H and O–H groups in total. The predicted molar refractivity (Wildman–Crippen MR) is 53.9 cm³/mol. The highest BCUT2D eigenvalue weighted by molar-refractivity contribution is 9.10. The molecule has 0 aliphatic rings. The normalized spacial score (nSPS) is 9.83. The van der Waals surface area contributed by atoms with E-state index in [1.807, 2.05) is 0 Å². The Balaban J connectivity index is 3.05. The first-order valence-electron chi connectivity index (χ1n) is 3.23. The van der Waals surface area contributed by atoms with Crippen molar-refractivity contribution in [2.24, 2.45) is 0 Å². The summed E-state index contributed by atoms with van der Waals surface area (Å²) in [5.74, 6) is 0.0413. The number of aromatic hydroxyl groups is 1. The quantitative estimate of drug-likeness (QED) is 0.672. The van der Waals surface area contributed by atoms with E-state index >= 15 is 0 Å². The van der Waals surface area contributed by atoms with Gasteiger partial charge < -0.3 is 5.11 Å². The van der Waals surface area contributed by atoms with Crippen molar-refractivity contribution in [3.05, 3.63) is 28.2 Å². The van der Waals surface area contributed by atoms with E-state index in [4.69, 9.17) is 0 Å². The Kier molecular flexibility index (Phi) is 3.29. The van der Waals surface area contributed by atoms with Gasteiger partial charge in [-0.1, -0.05) is 15.9 Å². The second-order valence-electron chi connectivity index (χ2n) is 2.22. The molecule has 12 heavy (non-hydrogen) atoms. The lowest BCUT2D eigenvalue weighted by molar-refractivity contribution is 0.102. The van der Waals surface area contributed by atoms with Gasteiger partial charge in [0, 0.05) is 5.56 Å². The maximum absolute atomic E-state index is 11.1. The number of hydrogen-bond acceptors (Lipinski definition) is 2. The summed E-state index contributed by atoms with van der Waals surface area (Å²) in [6.07, 6.45) is 0. The van der Waals surface area contributed by atoms with Crippen LogP contribution in [0.2, 0.25) is 0 Å². The lowest BCUT2D eigenvalue weighted by atomic mass is 10.1. The third-order valence-corrected chi connectivity index (χ3v) is 2.57. The Morgan fingerprint density at radius 2 is 2.17 bits per heavy atom. The molecule has 1 aromatic rings. The van der Waals surface area contributed by atoms with Gasteiger partial charge in [0.25, 0.3) is 0 Å². The van der Waals surface area contributed by atoms with Crippen LogP contribution in [0.25, 0.3) is 0 Å². The van der Waals surface area contributed by atoms with Gasteiger partial charge in [-0.25, -0.2) is 0 Å². The van der Waals surface area contributed by atoms with Gasteiger partial charge >= 0.3 is 0 Å². The zero-order valence-electron chi connectivity index (χ0n) is 6.05. The number of hydrogen-bond donors (Lipinski definition) is 1. The molecular formula is C8H6Br2O2. The van der Waals surface area contributed by atoms with Crippen molar-refractivity contribution in [2.45, 2.75) is 0 Å². The number of benzene rings is 1. The molecule has 2 nitrogen and oxygen atoms in total. The van der Waals surface area contributed by atoms with Crippen LogP contribution in [0.5, 0.6) is 5.75 Å². The lowest BCUT2D eigenvalue weighted by Crippen LogP contribution is -1.98. The Morgan fingerprint density at radius 3 is 2.67 bits per heavy atom. The fraction of sp³-hybridized carbons (Fsp3) is 0.125. The zero-order valence-corrected chi connectivity index (χ0v) is 9.22. The Hall–Kier alpha value is -0.350. The van der Waals surface area contributed by atoms with Crippen molar-refractivity contribution >= 4 is 37.6 Å². The van der Waals surface area contributed by atoms with Gasteiger partial charge in [-0.3, -0.25) is 4.79 Å². The Labute approximate surface area is 86.9 Å². The molecule has 0 fully saturated rings. The van der Waals surface area contributed by atoms with Gasteiger partial charge in [-0.2, -0.15) is 0 Å². The second-order valence-corrected chi connectivity index (χ2v) is 3.64. The summed E-state index contributed by atoms with van der Waals surface area (Å²) in [5, 5.41) is 9.50. The SMILES string of the molecule is O=C(CBr)c1ccc(Br)c(O)c1. The largest absolute Gasteiger partial charge is 0.507 e. The molecule has 0 unspecified atom stereocenters. The van der Waals surface area contributed by atoms with Crippen LogP contribution in [0.3, 0.4) is 0 Å². The molecule has 0 radical (unpaired) electrons. The van der Waals surface area contributed by atoms with Crippen LogP contribution >= 0.6 is 31.9 Å². The average molecular weight is 294 g/mol. The molecular weight excluding hydrogens is 288 g/mol. The van der Waals surface area contributed by atoms with E-state index in [0.717, 1.165) is 0 Å². The number of rotatable bonds is 2. The van der Waals surface area contributed by atoms with E-state index in [-0.39, 0.29) is 16.9 Å². The smallest absolute Gasteiger partial charge is 0.173 e. The summed E-state index contributed by atoms with van der Waals surface area (Å²) in [7, 11) is 0. The maximum Gasteiger partial charge on any atom is 0.173 e. The number of carbonyl (C=O) groups is 1. The Morgan fingerprint density at radius 1 is 1.50 bits per heavy atom. The molecule has 0 aromatic heterocycles. The average Bonchev–Trinajstić information content (AvgIpc) is 2.08. The minimum absolute atomic E-state index is 0.0437. The van der Waals surface area contributed by atoms with E-state index in [0.29, 0.717) is 10.0 Å². The second kappa shape index (κ2) is 4.05. The molecule has 0 aliphatic heterocycles. The third-order valence-electron chi connectivity index (χ3n) is 1.39. The molecule has 0 bridgehead atoms. The van der Waals surface area contributed by atoms with Gasteiger partial charge in [-0.15, -0.1) is 0 Å². The number of carbonyl (C=O) groups excluding carboxylic acids is 1. The third kappa shape index (κ3) is 2.08. The molecule has 0 saturated carbocycles. The molecule has 0 atom stereocenters. The topological polar surface area (TPSA) is 37.3 Å². The number of phenolic OH excluding ortho intramolecular Hbond substituents is 1. The molecule has 0 heterocycles. The maximum atomic E-state index is 11.1. The van der Waals surface area contributed by atoms with Gasteiger partial charge in [-0.05, 0) is 34.1 Å². The van der Waals surface area contributed by atoms with E-state index in [1.165, 1.54) is 6.07 Å². The molecule has 64 valence electrons. The highest BCUT2D eigenvalue weighted by atomic mass is 79.9. The van der Waals surface area contributed by atoms with Crippen molar-refractivity contribution in [1.29, 1.82) is 0 Å². The first-order chi connectivity index (χ1) is 5.65. The van der Waals surface area contributed by atoms with E-state index in [1.54, 1.807) is 12.1 Å². The summed E-state index contributed by atoms with van der Waals surface area (Å²) in [5.41, 5.74) is 0.507. The minimum atomic E-state index is -0.0437.